The highest BCUT2D eigenvalue weighted by Crippen LogP contribution is 2.43. The maximum absolute atomic E-state index is 3.65. The van der Waals surface area contributed by atoms with E-state index in [1.165, 1.54) is 54.9 Å². The number of benzene rings is 8. The SMILES string of the molecule is C1=Cc2c(cccc2Nc2ccc(-c3ccc(N(c4ccc(-c5ccccc5)cc4)c4cc5ccccc5c5ccccc45)cc3)cc2)CC1. The van der Waals surface area contributed by atoms with E-state index in [0.29, 0.717) is 0 Å². The van der Waals surface area contributed by atoms with Gasteiger partial charge in [0.25, 0.3) is 0 Å². The monoisotopic (exact) mass is 640 g/mol. The maximum Gasteiger partial charge on any atom is 0.0546 e. The van der Waals surface area contributed by atoms with Crippen LogP contribution in [0.4, 0.5) is 28.4 Å². The van der Waals surface area contributed by atoms with E-state index in [9.17, 15) is 0 Å². The van der Waals surface area contributed by atoms with Crippen LogP contribution in [0.1, 0.15) is 17.5 Å². The van der Waals surface area contributed by atoms with Gasteiger partial charge in [0.05, 0.1) is 5.69 Å². The summed E-state index contributed by atoms with van der Waals surface area (Å²) < 4.78 is 0. The minimum Gasteiger partial charge on any atom is -0.355 e. The van der Waals surface area contributed by atoms with Gasteiger partial charge in [0.15, 0.2) is 0 Å². The standard InChI is InChI=1S/C48H36N2/c1-2-11-34(12-3-1)36-23-29-41(30-24-36)50(48-33-39-14-5-6-16-43(39)45-18-8-9-19-46(45)48)42-31-25-37(26-32-42)35-21-27-40(28-22-35)49-47-20-10-15-38-13-4-7-17-44(38)47/h1-3,5-12,14-33,49H,4,13H2. The van der Waals surface area contributed by atoms with Crippen molar-refractivity contribution >= 4 is 56.1 Å². The largest absolute Gasteiger partial charge is 0.355 e. The van der Waals surface area contributed by atoms with Crippen molar-refractivity contribution < 1.29 is 0 Å². The molecule has 0 aliphatic heterocycles. The number of hydrogen-bond donors (Lipinski definition) is 1. The highest BCUT2D eigenvalue weighted by Gasteiger charge is 2.18. The molecular formula is C48H36N2. The van der Waals surface area contributed by atoms with Crippen molar-refractivity contribution in [2.45, 2.75) is 12.8 Å². The van der Waals surface area contributed by atoms with Gasteiger partial charge in [0, 0.05) is 33.7 Å². The molecule has 238 valence electrons. The van der Waals surface area contributed by atoms with Crippen LogP contribution in [0.2, 0.25) is 0 Å². The van der Waals surface area contributed by atoms with E-state index in [2.05, 4.69) is 198 Å². The summed E-state index contributed by atoms with van der Waals surface area (Å²) in [5.41, 5.74) is 13.1. The molecule has 1 aliphatic carbocycles. The predicted octanol–water partition coefficient (Wildman–Crippen LogP) is 13.5. The summed E-state index contributed by atoms with van der Waals surface area (Å²) in [6.07, 6.45) is 6.73. The lowest BCUT2D eigenvalue weighted by atomic mass is 9.96. The lowest BCUT2D eigenvalue weighted by Gasteiger charge is -2.28. The molecule has 1 aliphatic rings. The first kappa shape index (κ1) is 29.7. The fourth-order valence-corrected chi connectivity index (χ4v) is 7.36. The topological polar surface area (TPSA) is 15.3 Å². The van der Waals surface area contributed by atoms with E-state index >= 15 is 0 Å². The number of nitrogens with zero attached hydrogens (tertiary/aromatic N) is 1. The van der Waals surface area contributed by atoms with Gasteiger partial charge in [0.1, 0.15) is 0 Å². The Morgan fingerprint density at radius 3 is 1.74 bits per heavy atom. The number of anilines is 5. The van der Waals surface area contributed by atoms with Crippen LogP contribution in [0.25, 0.3) is 49.9 Å². The first-order chi connectivity index (χ1) is 24.8. The average Bonchev–Trinajstić information content (AvgIpc) is 3.19. The number of allylic oxidation sites excluding steroid dienone is 1. The zero-order valence-electron chi connectivity index (χ0n) is 27.8. The van der Waals surface area contributed by atoms with E-state index in [1.807, 2.05) is 0 Å². The zero-order valence-corrected chi connectivity index (χ0v) is 27.8. The molecule has 0 saturated heterocycles. The maximum atomic E-state index is 3.65. The van der Waals surface area contributed by atoms with E-state index in [1.54, 1.807) is 0 Å². The molecule has 0 radical (unpaired) electrons. The Morgan fingerprint density at radius 1 is 0.460 bits per heavy atom. The van der Waals surface area contributed by atoms with Gasteiger partial charge in [-0.05, 0) is 105 Å². The molecule has 0 unspecified atom stereocenters. The normalized spacial score (nSPS) is 12.2. The fourth-order valence-electron chi connectivity index (χ4n) is 7.36. The molecule has 0 bridgehead atoms. The van der Waals surface area contributed by atoms with Gasteiger partial charge < -0.3 is 10.2 Å². The summed E-state index contributed by atoms with van der Waals surface area (Å²) in [5, 5.41) is 8.62. The van der Waals surface area contributed by atoms with Gasteiger partial charge >= 0.3 is 0 Å². The van der Waals surface area contributed by atoms with Crippen molar-refractivity contribution in [1.29, 1.82) is 0 Å². The minimum atomic E-state index is 1.09. The Morgan fingerprint density at radius 2 is 1.04 bits per heavy atom. The summed E-state index contributed by atoms with van der Waals surface area (Å²) in [4.78, 5) is 2.40. The highest BCUT2D eigenvalue weighted by atomic mass is 15.1. The van der Waals surface area contributed by atoms with Crippen LogP contribution in [-0.4, -0.2) is 0 Å². The number of rotatable bonds is 7. The van der Waals surface area contributed by atoms with Crippen LogP contribution < -0.4 is 10.2 Å². The number of nitrogens with one attached hydrogen (secondary N) is 1. The molecule has 50 heavy (non-hydrogen) atoms. The van der Waals surface area contributed by atoms with Crippen LogP contribution in [0.3, 0.4) is 0 Å². The third-order valence-corrected chi connectivity index (χ3v) is 9.90. The second kappa shape index (κ2) is 12.9. The van der Waals surface area contributed by atoms with Crippen molar-refractivity contribution in [3.63, 3.8) is 0 Å². The molecule has 0 aromatic heterocycles. The van der Waals surface area contributed by atoms with Crippen LogP contribution in [-0.2, 0) is 6.42 Å². The molecule has 1 N–H and O–H groups in total. The Balaban J connectivity index is 1.08. The molecule has 0 amide bonds. The Hall–Kier alpha value is -6.38. The van der Waals surface area contributed by atoms with Crippen molar-refractivity contribution in [3.05, 3.63) is 193 Å². The van der Waals surface area contributed by atoms with Crippen molar-refractivity contribution in [2.24, 2.45) is 0 Å². The Kier molecular flexibility index (Phi) is 7.68. The molecule has 0 fully saturated rings. The molecule has 0 saturated carbocycles. The molecule has 2 heteroatoms. The van der Waals surface area contributed by atoms with E-state index < -0.39 is 0 Å². The molecule has 8 aromatic carbocycles. The van der Waals surface area contributed by atoms with E-state index in [-0.39, 0.29) is 0 Å². The third-order valence-electron chi connectivity index (χ3n) is 9.90. The van der Waals surface area contributed by atoms with Crippen molar-refractivity contribution in [1.82, 2.24) is 0 Å². The Labute approximate surface area is 293 Å². The highest BCUT2D eigenvalue weighted by molar-refractivity contribution is 6.14. The quantitative estimate of drug-likeness (QED) is 0.174. The second-order valence-corrected chi connectivity index (χ2v) is 13.0. The van der Waals surface area contributed by atoms with E-state index in [4.69, 9.17) is 0 Å². The summed E-state index contributed by atoms with van der Waals surface area (Å²) in [6.45, 7) is 0. The number of fused-ring (bicyclic) bond motifs is 4. The van der Waals surface area contributed by atoms with Gasteiger partial charge in [-0.15, -0.1) is 0 Å². The lowest BCUT2D eigenvalue weighted by molar-refractivity contribution is 0.986. The third kappa shape index (κ3) is 5.61. The molecule has 9 rings (SSSR count). The van der Waals surface area contributed by atoms with Crippen LogP contribution in [0, 0.1) is 0 Å². The molecule has 0 atom stereocenters. The molecule has 0 heterocycles. The lowest BCUT2D eigenvalue weighted by Crippen LogP contribution is -2.10. The Bertz CT molecular complexity index is 2480. The van der Waals surface area contributed by atoms with Crippen LogP contribution in [0.15, 0.2) is 182 Å². The fraction of sp³-hybridized carbons (Fsp3) is 0.0417. The summed E-state index contributed by atoms with van der Waals surface area (Å²) in [7, 11) is 0. The van der Waals surface area contributed by atoms with Crippen LogP contribution in [0.5, 0.6) is 0 Å². The molecular weight excluding hydrogens is 605 g/mol. The summed E-state index contributed by atoms with van der Waals surface area (Å²) in [5.74, 6) is 0. The summed E-state index contributed by atoms with van der Waals surface area (Å²) in [6, 6.07) is 63.6. The average molecular weight is 641 g/mol. The first-order valence-corrected chi connectivity index (χ1v) is 17.4. The first-order valence-electron chi connectivity index (χ1n) is 17.4. The predicted molar refractivity (Wildman–Crippen MR) is 214 cm³/mol. The molecule has 8 aromatic rings. The van der Waals surface area contributed by atoms with Gasteiger partial charge in [-0.2, -0.15) is 0 Å². The van der Waals surface area contributed by atoms with Crippen molar-refractivity contribution in [3.8, 4) is 22.3 Å². The van der Waals surface area contributed by atoms with Gasteiger partial charge in [0.2, 0.25) is 0 Å². The van der Waals surface area contributed by atoms with Gasteiger partial charge in [-0.1, -0.05) is 140 Å². The number of hydrogen-bond acceptors (Lipinski definition) is 2. The summed E-state index contributed by atoms with van der Waals surface area (Å²) >= 11 is 0. The van der Waals surface area contributed by atoms with Crippen LogP contribution >= 0.6 is 0 Å². The zero-order chi connectivity index (χ0) is 33.3. The molecule has 2 nitrogen and oxygen atoms in total. The minimum absolute atomic E-state index is 1.09. The second-order valence-electron chi connectivity index (χ2n) is 13.0. The van der Waals surface area contributed by atoms with Gasteiger partial charge in [-0.25, -0.2) is 0 Å². The smallest absolute Gasteiger partial charge is 0.0546 e. The van der Waals surface area contributed by atoms with E-state index in [0.717, 1.165) is 41.3 Å². The van der Waals surface area contributed by atoms with Gasteiger partial charge in [-0.3, -0.25) is 0 Å². The molecule has 0 spiro atoms. The van der Waals surface area contributed by atoms with Crippen molar-refractivity contribution in [2.75, 3.05) is 10.2 Å². The number of aryl methyl sites for hydroxylation is 1.